The van der Waals surface area contributed by atoms with Gasteiger partial charge < -0.3 is 0 Å². The fourth-order valence-corrected chi connectivity index (χ4v) is 2.09. The molecular weight excluding hydrogens is 200 g/mol. The Labute approximate surface area is 83.7 Å². The minimum absolute atomic E-state index is 0.0806. The molecule has 0 aliphatic rings. The lowest BCUT2D eigenvalue weighted by Gasteiger charge is -2.04. The fraction of sp³-hybridized carbons (Fsp3) is 0.300. The van der Waals surface area contributed by atoms with Crippen LogP contribution in [-0.4, -0.2) is 20.5 Å². The topological polar surface area (TPSA) is 51.2 Å². The predicted octanol–water partition coefficient (Wildman–Crippen LogP) is 1.43. The summed E-state index contributed by atoms with van der Waals surface area (Å²) in [5, 5.41) is 0. The Morgan fingerprint density at radius 1 is 1.29 bits per heavy atom. The molecule has 0 N–H and O–H groups in total. The van der Waals surface area contributed by atoms with Gasteiger partial charge in [-0.2, -0.15) is 0 Å². The van der Waals surface area contributed by atoms with E-state index in [-0.39, 0.29) is 11.5 Å². The molecule has 0 atom stereocenters. The highest BCUT2D eigenvalue weighted by Crippen LogP contribution is 2.12. The molecule has 0 aliphatic carbocycles. The summed E-state index contributed by atoms with van der Waals surface area (Å²) in [7, 11) is -3.09. The Bertz CT molecular complexity index is 446. The summed E-state index contributed by atoms with van der Waals surface area (Å²) in [5.74, 6) is -0.188. The summed E-state index contributed by atoms with van der Waals surface area (Å²) < 4.78 is 22.1. The zero-order chi connectivity index (χ0) is 10.8. The smallest absolute Gasteiger partial charge is 0.160 e. The lowest BCUT2D eigenvalue weighted by Crippen LogP contribution is -2.06. The van der Waals surface area contributed by atoms with Gasteiger partial charge in [0.25, 0.3) is 0 Å². The second-order valence-electron chi connectivity index (χ2n) is 3.28. The molecule has 0 radical (unpaired) electrons. The van der Waals surface area contributed by atoms with E-state index in [2.05, 4.69) is 0 Å². The summed E-state index contributed by atoms with van der Waals surface area (Å²) in [4.78, 5) is 11.2. The minimum Gasteiger partial charge on any atom is -0.295 e. The number of sulfone groups is 1. The van der Waals surface area contributed by atoms with E-state index in [0.717, 1.165) is 6.26 Å². The van der Waals surface area contributed by atoms with E-state index in [1.54, 1.807) is 24.3 Å². The van der Waals surface area contributed by atoms with E-state index in [1.807, 2.05) is 0 Å². The van der Waals surface area contributed by atoms with Gasteiger partial charge >= 0.3 is 0 Å². The fourth-order valence-electron chi connectivity index (χ4n) is 1.27. The van der Waals surface area contributed by atoms with Crippen molar-refractivity contribution in [2.45, 2.75) is 12.7 Å². The van der Waals surface area contributed by atoms with Crippen molar-refractivity contribution in [1.82, 2.24) is 0 Å². The molecule has 0 saturated carbocycles. The highest BCUT2D eigenvalue weighted by atomic mass is 32.2. The van der Waals surface area contributed by atoms with Crippen LogP contribution in [0.4, 0.5) is 0 Å². The summed E-state index contributed by atoms with van der Waals surface area (Å²) in [6.07, 6.45) is 1.16. The molecule has 0 amide bonds. The zero-order valence-corrected chi connectivity index (χ0v) is 8.97. The molecule has 4 heteroatoms. The first-order chi connectivity index (χ1) is 6.40. The van der Waals surface area contributed by atoms with E-state index < -0.39 is 9.84 Å². The third kappa shape index (κ3) is 2.96. The SMILES string of the molecule is CC(=O)c1ccccc1CS(C)(=O)=O. The first-order valence-electron chi connectivity index (χ1n) is 4.17. The Hall–Kier alpha value is -1.16. The summed E-state index contributed by atoms with van der Waals surface area (Å²) >= 11 is 0. The van der Waals surface area contributed by atoms with Gasteiger partial charge in [-0.25, -0.2) is 8.42 Å². The van der Waals surface area contributed by atoms with Crippen LogP contribution < -0.4 is 0 Å². The quantitative estimate of drug-likeness (QED) is 0.712. The van der Waals surface area contributed by atoms with Crippen LogP contribution in [0.25, 0.3) is 0 Å². The third-order valence-corrected chi connectivity index (χ3v) is 2.65. The van der Waals surface area contributed by atoms with E-state index >= 15 is 0 Å². The molecule has 1 rings (SSSR count). The average Bonchev–Trinajstić information content (AvgIpc) is 2.01. The lowest BCUT2D eigenvalue weighted by molar-refractivity contribution is 0.101. The average molecular weight is 212 g/mol. The molecule has 3 nitrogen and oxygen atoms in total. The van der Waals surface area contributed by atoms with Gasteiger partial charge in [-0.15, -0.1) is 0 Å². The highest BCUT2D eigenvalue weighted by molar-refractivity contribution is 7.89. The maximum atomic E-state index is 11.2. The van der Waals surface area contributed by atoms with Crippen molar-refractivity contribution < 1.29 is 13.2 Å². The zero-order valence-electron chi connectivity index (χ0n) is 8.15. The molecule has 0 aliphatic heterocycles. The second-order valence-corrected chi connectivity index (χ2v) is 5.42. The number of ketones is 1. The number of Topliss-reactive ketones (excluding diaryl/α,β-unsaturated/α-hetero) is 1. The van der Waals surface area contributed by atoms with E-state index in [0.29, 0.717) is 11.1 Å². The van der Waals surface area contributed by atoms with Gasteiger partial charge in [0.1, 0.15) is 0 Å². The number of carbonyl (C=O) groups is 1. The van der Waals surface area contributed by atoms with Crippen molar-refractivity contribution in [2.24, 2.45) is 0 Å². The summed E-state index contributed by atoms with van der Waals surface area (Å²) in [6, 6.07) is 6.76. The molecule has 0 saturated heterocycles. The standard InChI is InChI=1S/C10H12O3S/c1-8(11)10-6-4-3-5-9(10)7-14(2,12)13/h3-6H,7H2,1-2H3. The van der Waals surface area contributed by atoms with Crippen LogP contribution >= 0.6 is 0 Å². The monoisotopic (exact) mass is 212 g/mol. The number of hydrogen-bond donors (Lipinski definition) is 0. The predicted molar refractivity (Wildman–Crippen MR) is 55.0 cm³/mol. The van der Waals surface area contributed by atoms with Crippen molar-refractivity contribution in [3.63, 3.8) is 0 Å². The number of carbonyl (C=O) groups excluding carboxylic acids is 1. The van der Waals surface area contributed by atoms with E-state index in [1.165, 1.54) is 6.92 Å². The van der Waals surface area contributed by atoms with Crippen LogP contribution in [0.3, 0.4) is 0 Å². The Morgan fingerprint density at radius 3 is 2.36 bits per heavy atom. The van der Waals surface area contributed by atoms with Crippen LogP contribution in [-0.2, 0) is 15.6 Å². The van der Waals surface area contributed by atoms with Crippen LogP contribution in [0, 0.1) is 0 Å². The maximum absolute atomic E-state index is 11.2. The van der Waals surface area contributed by atoms with Gasteiger partial charge in [-0.3, -0.25) is 4.79 Å². The normalized spacial score (nSPS) is 11.3. The first-order valence-corrected chi connectivity index (χ1v) is 6.23. The molecule has 76 valence electrons. The highest BCUT2D eigenvalue weighted by Gasteiger charge is 2.10. The van der Waals surface area contributed by atoms with Gasteiger partial charge in [-0.05, 0) is 12.5 Å². The molecule has 0 heterocycles. The van der Waals surface area contributed by atoms with E-state index in [9.17, 15) is 13.2 Å². The minimum atomic E-state index is -3.09. The Balaban J connectivity index is 3.15. The third-order valence-electron chi connectivity index (χ3n) is 1.81. The van der Waals surface area contributed by atoms with Gasteiger partial charge in [0, 0.05) is 11.8 Å². The lowest BCUT2D eigenvalue weighted by atomic mass is 10.1. The largest absolute Gasteiger partial charge is 0.295 e. The summed E-state index contributed by atoms with van der Waals surface area (Å²) in [6.45, 7) is 1.43. The second kappa shape index (κ2) is 3.92. The molecular formula is C10H12O3S. The van der Waals surface area contributed by atoms with Gasteiger partial charge in [0.15, 0.2) is 15.6 Å². The summed E-state index contributed by atoms with van der Waals surface area (Å²) in [5.41, 5.74) is 1.06. The molecule has 0 aromatic heterocycles. The van der Waals surface area contributed by atoms with Crippen molar-refractivity contribution in [3.8, 4) is 0 Å². The van der Waals surface area contributed by atoms with E-state index in [4.69, 9.17) is 0 Å². The van der Waals surface area contributed by atoms with Gasteiger partial charge in [0.2, 0.25) is 0 Å². The van der Waals surface area contributed by atoms with Crippen molar-refractivity contribution in [3.05, 3.63) is 35.4 Å². The van der Waals surface area contributed by atoms with Crippen molar-refractivity contribution in [1.29, 1.82) is 0 Å². The van der Waals surface area contributed by atoms with Crippen LogP contribution in [0.5, 0.6) is 0 Å². The maximum Gasteiger partial charge on any atom is 0.160 e. The molecule has 0 bridgehead atoms. The molecule has 0 fully saturated rings. The van der Waals surface area contributed by atoms with Gasteiger partial charge in [-0.1, -0.05) is 24.3 Å². The molecule has 1 aromatic rings. The Kier molecular flexibility index (Phi) is 3.06. The Morgan fingerprint density at radius 2 is 1.86 bits per heavy atom. The number of benzene rings is 1. The first kappa shape index (κ1) is 10.9. The van der Waals surface area contributed by atoms with Crippen molar-refractivity contribution >= 4 is 15.6 Å². The molecule has 0 unspecified atom stereocenters. The van der Waals surface area contributed by atoms with Crippen LogP contribution in [0.15, 0.2) is 24.3 Å². The number of rotatable bonds is 3. The van der Waals surface area contributed by atoms with Crippen LogP contribution in [0.1, 0.15) is 22.8 Å². The van der Waals surface area contributed by atoms with Crippen molar-refractivity contribution in [2.75, 3.05) is 6.26 Å². The van der Waals surface area contributed by atoms with Gasteiger partial charge in [0.05, 0.1) is 5.75 Å². The van der Waals surface area contributed by atoms with Crippen LogP contribution in [0.2, 0.25) is 0 Å². The molecule has 1 aromatic carbocycles. The molecule has 14 heavy (non-hydrogen) atoms. The molecule has 0 spiro atoms. The number of hydrogen-bond acceptors (Lipinski definition) is 3.